The SMILES string of the molecule is COc1ccc(-c2csc3nc(SCC(=O)NCc4ccccc4)n(-c4ccccc4)c(=O)c23)cc1OC. The van der Waals surface area contributed by atoms with Crippen LogP contribution in [0, 0.1) is 0 Å². The van der Waals surface area contributed by atoms with Crippen LogP contribution in [0.1, 0.15) is 5.56 Å². The van der Waals surface area contributed by atoms with Gasteiger partial charge in [-0.1, -0.05) is 66.4 Å². The van der Waals surface area contributed by atoms with Gasteiger partial charge in [0.1, 0.15) is 4.83 Å². The molecule has 0 aliphatic carbocycles. The third kappa shape index (κ3) is 5.29. The van der Waals surface area contributed by atoms with Gasteiger partial charge < -0.3 is 14.8 Å². The molecule has 0 saturated carbocycles. The summed E-state index contributed by atoms with van der Waals surface area (Å²) in [4.78, 5) is 32.1. The van der Waals surface area contributed by atoms with Gasteiger partial charge >= 0.3 is 0 Å². The molecule has 0 aliphatic rings. The van der Waals surface area contributed by atoms with E-state index in [0.29, 0.717) is 39.1 Å². The van der Waals surface area contributed by atoms with E-state index in [0.717, 1.165) is 16.7 Å². The summed E-state index contributed by atoms with van der Waals surface area (Å²) in [5.74, 6) is 1.19. The average Bonchev–Trinajstić information content (AvgIpc) is 3.40. The number of methoxy groups -OCH3 is 2. The molecule has 1 N–H and O–H groups in total. The highest BCUT2D eigenvalue weighted by Gasteiger charge is 2.20. The molecule has 5 aromatic rings. The van der Waals surface area contributed by atoms with Crippen molar-refractivity contribution in [3.63, 3.8) is 0 Å². The summed E-state index contributed by atoms with van der Waals surface area (Å²) in [6, 6.07) is 24.7. The number of amides is 1. The molecule has 38 heavy (non-hydrogen) atoms. The van der Waals surface area contributed by atoms with Gasteiger partial charge in [-0.25, -0.2) is 4.98 Å². The summed E-state index contributed by atoms with van der Waals surface area (Å²) in [5.41, 5.74) is 3.11. The van der Waals surface area contributed by atoms with E-state index < -0.39 is 0 Å². The highest BCUT2D eigenvalue weighted by atomic mass is 32.2. The maximum atomic E-state index is 14.0. The smallest absolute Gasteiger partial charge is 0.268 e. The molecule has 0 saturated heterocycles. The number of hydrogen-bond donors (Lipinski definition) is 1. The van der Waals surface area contributed by atoms with Gasteiger partial charge in [-0.2, -0.15) is 0 Å². The second-order valence-electron chi connectivity index (χ2n) is 8.32. The van der Waals surface area contributed by atoms with Crippen LogP contribution in [0.4, 0.5) is 0 Å². The fourth-order valence-corrected chi connectivity index (χ4v) is 5.90. The Hall–Kier alpha value is -4.08. The van der Waals surface area contributed by atoms with Crippen LogP contribution in [0.15, 0.2) is 94.2 Å². The Balaban J connectivity index is 1.51. The van der Waals surface area contributed by atoms with Crippen molar-refractivity contribution in [1.82, 2.24) is 14.9 Å². The first-order chi connectivity index (χ1) is 18.6. The normalized spacial score (nSPS) is 10.9. The van der Waals surface area contributed by atoms with Crippen LogP contribution in [0.2, 0.25) is 0 Å². The Morgan fingerprint density at radius 2 is 1.68 bits per heavy atom. The van der Waals surface area contributed by atoms with Crippen LogP contribution >= 0.6 is 23.1 Å². The number of thiophene rings is 1. The van der Waals surface area contributed by atoms with E-state index in [1.807, 2.05) is 84.2 Å². The summed E-state index contributed by atoms with van der Waals surface area (Å²) in [5, 5.41) is 5.84. The molecule has 9 heteroatoms. The zero-order valence-electron chi connectivity index (χ0n) is 20.8. The van der Waals surface area contributed by atoms with E-state index in [-0.39, 0.29) is 17.2 Å². The minimum Gasteiger partial charge on any atom is -0.493 e. The highest BCUT2D eigenvalue weighted by Crippen LogP contribution is 2.37. The summed E-state index contributed by atoms with van der Waals surface area (Å²) >= 11 is 2.64. The van der Waals surface area contributed by atoms with Gasteiger partial charge in [-0.3, -0.25) is 14.2 Å². The Bertz CT molecular complexity index is 1630. The van der Waals surface area contributed by atoms with Crippen molar-refractivity contribution >= 4 is 39.2 Å². The topological polar surface area (TPSA) is 82.5 Å². The highest BCUT2D eigenvalue weighted by molar-refractivity contribution is 7.99. The fourth-order valence-electron chi connectivity index (χ4n) is 4.07. The molecule has 7 nitrogen and oxygen atoms in total. The fraction of sp³-hybridized carbons (Fsp3) is 0.138. The van der Waals surface area contributed by atoms with E-state index >= 15 is 0 Å². The molecule has 192 valence electrons. The number of nitrogens with one attached hydrogen (secondary N) is 1. The lowest BCUT2D eigenvalue weighted by Crippen LogP contribution is -2.26. The summed E-state index contributed by atoms with van der Waals surface area (Å²) in [6.45, 7) is 0.442. The van der Waals surface area contributed by atoms with Gasteiger partial charge in [0.05, 0.1) is 31.0 Å². The van der Waals surface area contributed by atoms with Crippen molar-refractivity contribution in [3.8, 4) is 28.3 Å². The monoisotopic (exact) mass is 543 g/mol. The molecular formula is C29H25N3O4S2. The van der Waals surface area contributed by atoms with Crippen molar-refractivity contribution < 1.29 is 14.3 Å². The van der Waals surface area contributed by atoms with Gasteiger partial charge in [0.2, 0.25) is 5.91 Å². The first-order valence-corrected chi connectivity index (χ1v) is 13.7. The number of fused-ring (bicyclic) bond motifs is 1. The molecule has 2 heterocycles. The molecule has 0 radical (unpaired) electrons. The molecule has 0 unspecified atom stereocenters. The van der Waals surface area contributed by atoms with Gasteiger partial charge in [-0.05, 0) is 35.4 Å². The van der Waals surface area contributed by atoms with E-state index in [1.165, 1.54) is 23.1 Å². The second-order valence-corrected chi connectivity index (χ2v) is 10.1. The Labute approximate surface area is 228 Å². The van der Waals surface area contributed by atoms with Crippen molar-refractivity contribution in [2.75, 3.05) is 20.0 Å². The third-order valence-corrected chi connectivity index (χ3v) is 7.76. The second kappa shape index (κ2) is 11.5. The zero-order chi connectivity index (χ0) is 26.5. The van der Waals surface area contributed by atoms with E-state index in [2.05, 4.69) is 5.32 Å². The van der Waals surface area contributed by atoms with Crippen LogP contribution in [0.3, 0.4) is 0 Å². The van der Waals surface area contributed by atoms with Crippen molar-refractivity contribution in [2.45, 2.75) is 11.7 Å². The number of rotatable bonds is 9. The van der Waals surface area contributed by atoms with Gasteiger partial charge in [0.25, 0.3) is 5.56 Å². The molecule has 0 atom stereocenters. The maximum Gasteiger partial charge on any atom is 0.268 e. The Kier molecular flexibility index (Phi) is 7.76. The number of hydrogen-bond acceptors (Lipinski definition) is 7. The van der Waals surface area contributed by atoms with Crippen LogP contribution in [-0.4, -0.2) is 35.4 Å². The Morgan fingerprint density at radius 3 is 2.39 bits per heavy atom. The lowest BCUT2D eigenvalue weighted by molar-refractivity contribution is -0.118. The molecular weight excluding hydrogens is 518 g/mol. The van der Waals surface area contributed by atoms with Gasteiger partial charge in [0.15, 0.2) is 16.7 Å². The van der Waals surface area contributed by atoms with E-state index in [4.69, 9.17) is 14.5 Å². The predicted octanol–water partition coefficient (Wildman–Crippen LogP) is 5.54. The number of ether oxygens (including phenoxy) is 2. The quantitative estimate of drug-likeness (QED) is 0.194. The molecule has 5 rings (SSSR count). The molecule has 2 aromatic heterocycles. The lowest BCUT2D eigenvalue weighted by atomic mass is 10.1. The summed E-state index contributed by atoms with van der Waals surface area (Å²) < 4.78 is 12.4. The van der Waals surface area contributed by atoms with E-state index in [9.17, 15) is 9.59 Å². The summed E-state index contributed by atoms with van der Waals surface area (Å²) in [7, 11) is 3.16. The number of benzene rings is 3. The number of carbonyl (C=O) groups excluding carboxylic acids is 1. The largest absolute Gasteiger partial charge is 0.493 e. The average molecular weight is 544 g/mol. The molecule has 0 bridgehead atoms. The summed E-state index contributed by atoms with van der Waals surface area (Å²) in [6.07, 6.45) is 0. The molecule has 0 fully saturated rings. The first-order valence-electron chi connectivity index (χ1n) is 11.8. The molecule has 3 aromatic carbocycles. The van der Waals surface area contributed by atoms with E-state index in [1.54, 1.807) is 18.8 Å². The van der Waals surface area contributed by atoms with Crippen molar-refractivity contribution in [1.29, 1.82) is 0 Å². The predicted molar refractivity (Wildman–Crippen MR) is 153 cm³/mol. The van der Waals surface area contributed by atoms with Crippen molar-refractivity contribution in [2.24, 2.45) is 0 Å². The number of carbonyl (C=O) groups is 1. The molecule has 1 amide bonds. The maximum absolute atomic E-state index is 14.0. The third-order valence-electron chi connectivity index (χ3n) is 5.95. The Morgan fingerprint density at radius 1 is 0.974 bits per heavy atom. The number of para-hydroxylation sites is 1. The standard InChI is InChI=1S/C29H25N3O4S2/c1-35-23-14-13-20(15-24(23)36-2)22-17-37-27-26(22)28(34)32(21-11-7-4-8-12-21)29(31-27)38-18-25(33)30-16-19-9-5-3-6-10-19/h3-15,17H,16,18H2,1-2H3,(H,30,33). The lowest BCUT2D eigenvalue weighted by Gasteiger charge is -2.13. The van der Waals surface area contributed by atoms with Crippen LogP contribution in [-0.2, 0) is 11.3 Å². The number of nitrogens with zero attached hydrogens (tertiary/aromatic N) is 2. The minimum atomic E-state index is -0.195. The first kappa shape index (κ1) is 25.6. The number of thioether (sulfide) groups is 1. The molecule has 0 aliphatic heterocycles. The zero-order valence-corrected chi connectivity index (χ0v) is 22.5. The van der Waals surface area contributed by atoms with Gasteiger partial charge in [0, 0.05) is 17.5 Å². The van der Waals surface area contributed by atoms with Crippen LogP contribution in [0.25, 0.3) is 27.0 Å². The van der Waals surface area contributed by atoms with Gasteiger partial charge in [-0.15, -0.1) is 11.3 Å². The van der Waals surface area contributed by atoms with Crippen LogP contribution < -0.4 is 20.3 Å². The number of aromatic nitrogens is 2. The van der Waals surface area contributed by atoms with Crippen molar-refractivity contribution in [3.05, 3.63) is 100 Å². The molecule has 0 spiro atoms. The van der Waals surface area contributed by atoms with Crippen LogP contribution in [0.5, 0.6) is 11.5 Å². The minimum absolute atomic E-state index is 0.130.